The lowest BCUT2D eigenvalue weighted by Gasteiger charge is -2.42. The highest BCUT2D eigenvalue weighted by atomic mass is 16.7. The maximum atomic E-state index is 11.3. The van der Waals surface area contributed by atoms with E-state index in [1.807, 2.05) is 0 Å². The van der Waals surface area contributed by atoms with Crippen molar-refractivity contribution in [2.24, 2.45) is 0 Å². The number of ether oxygens (including phenoxy) is 2. The Morgan fingerprint density at radius 2 is 1.95 bits per heavy atom. The van der Waals surface area contributed by atoms with Crippen LogP contribution in [0.1, 0.15) is 6.92 Å². The van der Waals surface area contributed by atoms with Crippen molar-refractivity contribution in [3.05, 3.63) is 24.3 Å². The van der Waals surface area contributed by atoms with E-state index in [-0.39, 0.29) is 0 Å². The Bertz CT molecular complexity index is 509. The van der Waals surface area contributed by atoms with Crippen molar-refractivity contribution < 1.29 is 29.6 Å². The first kappa shape index (κ1) is 16.5. The Morgan fingerprint density at radius 3 is 2.50 bits per heavy atom. The highest BCUT2D eigenvalue weighted by Gasteiger charge is 2.46. The third-order valence-corrected chi connectivity index (χ3v) is 3.38. The summed E-state index contributed by atoms with van der Waals surface area (Å²) in [6.45, 7) is 0.782. The van der Waals surface area contributed by atoms with Crippen LogP contribution in [0.15, 0.2) is 24.3 Å². The molecule has 1 fully saturated rings. The fraction of sp³-hybridized carbons (Fsp3) is 0.500. The number of anilines is 1. The van der Waals surface area contributed by atoms with E-state index >= 15 is 0 Å². The van der Waals surface area contributed by atoms with Crippen molar-refractivity contribution in [3.8, 4) is 5.75 Å². The van der Waals surface area contributed by atoms with Crippen molar-refractivity contribution in [2.45, 2.75) is 37.6 Å². The lowest BCUT2D eigenvalue weighted by molar-refractivity contribution is -0.244. The van der Waals surface area contributed by atoms with Crippen molar-refractivity contribution in [1.82, 2.24) is 5.32 Å². The summed E-state index contributed by atoms with van der Waals surface area (Å²) in [7, 11) is 0. The molecule has 8 nitrogen and oxygen atoms in total. The molecule has 2 rings (SSSR count). The monoisotopic (exact) mass is 312 g/mol. The zero-order chi connectivity index (χ0) is 16.3. The van der Waals surface area contributed by atoms with Crippen LogP contribution >= 0.6 is 0 Å². The van der Waals surface area contributed by atoms with Gasteiger partial charge in [0, 0.05) is 12.6 Å². The van der Waals surface area contributed by atoms with Crippen molar-refractivity contribution in [3.63, 3.8) is 0 Å². The van der Waals surface area contributed by atoms with Crippen LogP contribution in [0.2, 0.25) is 0 Å². The second-order valence-electron chi connectivity index (χ2n) is 5.12. The van der Waals surface area contributed by atoms with Gasteiger partial charge in [0.15, 0.2) is 0 Å². The third-order valence-electron chi connectivity index (χ3n) is 3.38. The van der Waals surface area contributed by atoms with Crippen LogP contribution in [0.25, 0.3) is 0 Å². The molecule has 1 aromatic rings. The van der Waals surface area contributed by atoms with E-state index in [0.29, 0.717) is 11.4 Å². The van der Waals surface area contributed by atoms with Crippen molar-refractivity contribution in [1.29, 1.82) is 0 Å². The lowest BCUT2D eigenvalue weighted by Crippen LogP contribution is -2.65. The maximum Gasteiger partial charge on any atom is 0.223 e. The number of aliphatic hydroxyl groups excluding tert-OH is 3. The molecule has 0 aliphatic carbocycles. The number of carbonyl (C=O) groups excluding carboxylic acids is 1. The van der Waals surface area contributed by atoms with Gasteiger partial charge in [-0.3, -0.25) is 4.79 Å². The number of nitrogens with two attached hydrogens (primary N) is 1. The number of nitrogens with one attached hydrogen (secondary N) is 1. The van der Waals surface area contributed by atoms with Crippen LogP contribution in [0.5, 0.6) is 5.75 Å². The minimum Gasteiger partial charge on any atom is -0.463 e. The second kappa shape index (κ2) is 6.93. The number of hydrogen-bond donors (Lipinski definition) is 5. The molecule has 1 aromatic carbocycles. The van der Waals surface area contributed by atoms with Crippen molar-refractivity contribution in [2.75, 3.05) is 12.3 Å². The van der Waals surface area contributed by atoms with Gasteiger partial charge in [0.1, 0.15) is 30.1 Å². The fourth-order valence-electron chi connectivity index (χ4n) is 2.25. The first-order chi connectivity index (χ1) is 10.4. The Labute approximate surface area is 127 Å². The fourth-order valence-corrected chi connectivity index (χ4v) is 2.25. The van der Waals surface area contributed by atoms with Crippen LogP contribution in [0, 0.1) is 0 Å². The number of carbonyl (C=O) groups is 1. The molecule has 0 bridgehead atoms. The van der Waals surface area contributed by atoms with Gasteiger partial charge in [0.25, 0.3) is 0 Å². The molecule has 0 radical (unpaired) electrons. The largest absolute Gasteiger partial charge is 0.463 e. The molecule has 22 heavy (non-hydrogen) atoms. The third kappa shape index (κ3) is 3.66. The number of aliphatic hydroxyl groups is 3. The Balaban J connectivity index is 2.18. The number of amides is 1. The Hall–Kier alpha value is -1.87. The van der Waals surface area contributed by atoms with Crippen LogP contribution in [-0.2, 0) is 9.53 Å². The smallest absolute Gasteiger partial charge is 0.223 e. The molecule has 8 heteroatoms. The van der Waals surface area contributed by atoms with Gasteiger partial charge < -0.3 is 35.8 Å². The van der Waals surface area contributed by atoms with E-state index in [2.05, 4.69) is 5.32 Å². The molecule has 1 saturated heterocycles. The molecule has 6 N–H and O–H groups in total. The molecule has 122 valence electrons. The summed E-state index contributed by atoms with van der Waals surface area (Å²) in [6, 6.07) is 5.48. The van der Waals surface area contributed by atoms with Gasteiger partial charge in [0.2, 0.25) is 12.2 Å². The summed E-state index contributed by atoms with van der Waals surface area (Å²) in [5.74, 6) is 0.00281. The average Bonchev–Trinajstić information content (AvgIpc) is 2.48. The standard InChI is InChI=1S/C14H20N2O6/c1-7(18)16-11-13(20)12(19)10(6-17)22-14(11)21-9-4-2-8(15)3-5-9/h2-5,10-14,17,19-20H,6,15H2,1H3,(H,16,18)/t10-,11-,12-,13-,14?/m1/s1. The van der Waals surface area contributed by atoms with Gasteiger partial charge in [-0.25, -0.2) is 0 Å². The maximum absolute atomic E-state index is 11.3. The van der Waals surface area contributed by atoms with Gasteiger partial charge in [-0.15, -0.1) is 0 Å². The molecular weight excluding hydrogens is 292 g/mol. The van der Waals surface area contributed by atoms with E-state index < -0.39 is 43.2 Å². The summed E-state index contributed by atoms with van der Waals surface area (Å²) in [6.07, 6.45) is -4.76. The molecule has 0 saturated carbocycles. The number of rotatable bonds is 4. The molecule has 5 atom stereocenters. The number of nitrogen functional groups attached to an aromatic ring is 1. The van der Waals surface area contributed by atoms with Gasteiger partial charge in [-0.05, 0) is 24.3 Å². The van der Waals surface area contributed by atoms with Crippen LogP contribution < -0.4 is 15.8 Å². The predicted octanol–water partition coefficient (Wildman–Crippen LogP) is -1.41. The topological polar surface area (TPSA) is 134 Å². The molecular formula is C14H20N2O6. The molecule has 0 aromatic heterocycles. The summed E-state index contributed by atoms with van der Waals surface area (Å²) in [4.78, 5) is 11.3. The lowest BCUT2D eigenvalue weighted by atomic mass is 9.97. The van der Waals surface area contributed by atoms with Crippen LogP contribution in [-0.4, -0.2) is 58.5 Å². The van der Waals surface area contributed by atoms with E-state index in [1.165, 1.54) is 6.92 Å². The summed E-state index contributed by atoms with van der Waals surface area (Å²) >= 11 is 0. The van der Waals surface area contributed by atoms with Gasteiger partial charge in [-0.2, -0.15) is 0 Å². The molecule has 1 amide bonds. The first-order valence-electron chi connectivity index (χ1n) is 6.84. The summed E-state index contributed by atoms with van der Waals surface area (Å²) < 4.78 is 11.0. The van der Waals surface area contributed by atoms with Gasteiger partial charge in [0.05, 0.1) is 6.61 Å². The number of hydrogen-bond acceptors (Lipinski definition) is 7. The normalized spacial score (nSPS) is 31.5. The van der Waals surface area contributed by atoms with Gasteiger partial charge in [-0.1, -0.05) is 0 Å². The zero-order valence-electron chi connectivity index (χ0n) is 12.0. The molecule has 1 aliphatic heterocycles. The first-order valence-corrected chi connectivity index (χ1v) is 6.84. The summed E-state index contributed by atoms with van der Waals surface area (Å²) in [5, 5.41) is 31.7. The summed E-state index contributed by atoms with van der Waals surface area (Å²) in [5.41, 5.74) is 6.14. The minimum atomic E-state index is -1.34. The zero-order valence-corrected chi connectivity index (χ0v) is 12.0. The van der Waals surface area contributed by atoms with E-state index in [4.69, 9.17) is 15.2 Å². The molecule has 0 spiro atoms. The molecule has 1 unspecified atom stereocenters. The number of benzene rings is 1. The van der Waals surface area contributed by atoms with Crippen LogP contribution in [0.4, 0.5) is 5.69 Å². The van der Waals surface area contributed by atoms with Crippen LogP contribution in [0.3, 0.4) is 0 Å². The molecule has 1 aliphatic rings. The van der Waals surface area contributed by atoms with E-state index in [9.17, 15) is 20.1 Å². The minimum absolute atomic E-state index is 0.409. The van der Waals surface area contributed by atoms with E-state index in [1.54, 1.807) is 24.3 Å². The SMILES string of the molecule is CC(=O)N[C@H]1C(Oc2ccc(N)cc2)O[C@H](CO)[C@@H](O)[C@@H]1O. The molecule has 1 heterocycles. The van der Waals surface area contributed by atoms with E-state index in [0.717, 1.165) is 0 Å². The highest BCUT2D eigenvalue weighted by molar-refractivity contribution is 5.73. The average molecular weight is 312 g/mol. The second-order valence-corrected chi connectivity index (χ2v) is 5.12. The quantitative estimate of drug-likeness (QED) is 0.431. The van der Waals surface area contributed by atoms with Crippen molar-refractivity contribution >= 4 is 11.6 Å². The van der Waals surface area contributed by atoms with Gasteiger partial charge >= 0.3 is 0 Å². The predicted molar refractivity (Wildman–Crippen MR) is 76.8 cm³/mol. The Morgan fingerprint density at radius 1 is 1.32 bits per heavy atom. The highest BCUT2D eigenvalue weighted by Crippen LogP contribution is 2.24. The Kier molecular flexibility index (Phi) is 5.19.